The van der Waals surface area contributed by atoms with Crippen LogP contribution in [-0.2, 0) is 0 Å². The van der Waals surface area contributed by atoms with Gasteiger partial charge in [0.05, 0.1) is 5.76 Å². The van der Waals surface area contributed by atoms with Crippen molar-refractivity contribution in [3.8, 4) is 0 Å². The van der Waals surface area contributed by atoms with E-state index >= 15 is 0 Å². The second-order valence-electron chi connectivity index (χ2n) is 9.57. The van der Waals surface area contributed by atoms with Crippen LogP contribution in [0.1, 0.15) is 44.2 Å². The first-order valence-electron chi connectivity index (χ1n) is 12.6. The number of piperazine rings is 1. The molecule has 0 aromatic heterocycles. The number of aliphatic hydroxyl groups is 2. The van der Waals surface area contributed by atoms with Crippen LogP contribution in [-0.4, -0.2) is 53.9 Å². The van der Waals surface area contributed by atoms with Crippen LogP contribution in [0.25, 0.3) is 11.1 Å². The molecule has 2 aliphatic rings. The number of allylic oxidation sites excluding steroid dienone is 5. The number of nitrogens with zero attached hydrogens (tertiary/aromatic N) is 2. The van der Waals surface area contributed by atoms with Gasteiger partial charge in [-0.2, -0.15) is 0 Å². The molecule has 34 heavy (non-hydrogen) atoms. The minimum Gasteiger partial charge on any atom is -0.512 e. The molecule has 1 aliphatic heterocycles. The van der Waals surface area contributed by atoms with Gasteiger partial charge in [-0.1, -0.05) is 54.6 Å². The quantitative estimate of drug-likeness (QED) is 0.381. The molecule has 4 heteroatoms. The van der Waals surface area contributed by atoms with E-state index in [1.165, 1.54) is 28.0 Å². The number of rotatable bonds is 8. The lowest BCUT2D eigenvalue weighted by Crippen LogP contribution is -2.48. The maximum absolute atomic E-state index is 10.3. The topological polar surface area (TPSA) is 46.9 Å². The van der Waals surface area contributed by atoms with Gasteiger partial charge in [0.15, 0.2) is 0 Å². The fourth-order valence-electron chi connectivity index (χ4n) is 5.09. The second kappa shape index (κ2) is 11.5. The Morgan fingerprint density at radius 3 is 2.26 bits per heavy atom. The third-order valence-electron chi connectivity index (χ3n) is 7.00. The van der Waals surface area contributed by atoms with Crippen molar-refractivity contribution in [1.82, 2.24) is 4.90 Å². The molecule has 1 heterocycles. The summed E-state index contributed by atoms with van der Waals surface area (Å²) in [6, 6.07) is 20.0. The Labute approximate surface area is 204 Å². The maximum Gasteiger partial charge on any atom is 0.0929 e. The van der Waals surface area contributed by atoms with Crippen molar-refractivity contribution in [3.05, 3.63) is 89.7 Å². The lowest BCUT2D eigenvalue weighted by atomic mass is 9.82. The maximum atomic E-state index is 10.3. The third-order valence-corrected chi connectivity index (χ3v) is 7.00. The molecule has 4 nitrogen and oxygen atoms in total. The molecular weight excluding hydrogens is 420 g/mol. The van der Waals surface area contributed by atoms with E-state index in [0.29, 0.717) is 24.6 Å². The predicted molar refractivity (Wildman–Crippen MR) is 143 cm³/mol. The Bertz CT molecular complexity index is 1010. The monoisotopic (exact) mass is 458 g/mol. The van der Waals surface area contributed by atoms with Crippen molar-refractivity contribution >= 4 is 16.8 Å². The number of hydrogen-bond acceptors (Lipinski definition) is 4. The van der Waals surface area contributed by atoms with Gasteiger partial charge in [-0.15, -0.1) is 0 Å². The Hall–Kier alpha value is -2.82. The molecule has 1 unspecified atom stereocenters. The zero-order valence-electron chi connectivity index (χ0n) is 20.5. The smallest absolute Gasteiger partial charge is 0.0929 e. The Kier molecular flexibility index (Phi) is 8.25. The van der Waals surface area contributed by atoms with Crippen LogP contribution in [0.2, 0.25) is 0 Å². The highest BCUT2D eigenvalue weighted by Crippen LogP contribution is 2.39. The summed E-state index contributed by atoms with van der Waals surface area (Å²) in [6.07, 6.45) is 8.29. The van der Waals surface area contributed by atoms with Crippen LogP contribution in [0, 0.1) is 5.92 Å². The summed E-state index contributed by atoms with van der Waals surface area (Å²) in [7, 11) is 0. The third kappa shape index (κ3) is 5.81. The summed E-state index contributed by atoms with van der Waals surface area (Å²) in [6.45, 7) is 8.99. The van der Waals surface area contributed by atoms with Gasteiger partial charge in [0.25, 0.3) is 0 Å². The van der Waals surface area contributed by atoms with Crippen LogP contribution in [0.4, 0.5) is 5.69 Å². The number of anilines is 1. The van der Waals surface area contributed by atoms with Crippen LogP contribution in [0.3, 0.4) is 0 Å². The van der Waals surface area contributed by atoms with Crippen LogP contribution < -0.4 is 4.90 Å². The van der Waals surface area contributed by atoms with Gasteiger partial charge in [-0.05, 0) is 67.2 Å². The zero-order valence-corrected chi connectivity index (χ0v) is 20.5. The van der Waals surface area contributed by atoms with Crippen molar-refractivity contribution in [3.63, 3.8) is 0 Å². The zero-order chi connectivity index (χ0) is 23.9. The lowest BCUT2D eigenvalue weighted by Gasteiger charge is -2.38. The van der Waals surface area contributed by atoms with E-state index < -0.39 is 0 Å². The highest BCUT2D eigenvalue weighted by Gasteiger charge is 2.22. The minimum atomic E-state index is 0.00286. The molecule has 4 rings (SSSR count). The van der Waals surface area contributed by atoms with Crippen molar-refractivity contribution < 1.29 is 10.2 Å². The molecule has 180 valence electrons. The molecule has 1 aliphatic carbocycles. The van der Waals surface area contributed by atoms with Crippen molar-refractivity contribution in [2.75, 3.05) is 37.7 Å². The predicted octanol–water partition coefficient (Wildman–Crippen LogP) is 5.92. The first-order valence-corrected chi connectivity index (χ1v) is 12.6. The molecule has 0 spiro atoms. The summed E-state index contributed by atoms with van der Waals surface area (Å²) < 4.78 is 0. The molecular formula is C30H38N2O2. The number of aliphatic hydroxyl groups excluding tert-OH is 2. The molecule has 2 aromatic rings. The van der Waals surface area contributed by atoms with E-state index in [1.54, 1.807) is 0 Å². The van der Waals surface area contributed by atoms with Gasteiger partial charge < -0.3 is 15.1 Å². The molecule has 0 bridgehead atoms. The van der Waals surface area contributed by atoms with Gasteiger partial charge in [-0.25, -0.2) is 0 Å². The number of benzene rings is 2. The van der Waals surface area contributed by atoms with Gasteiger partial charge in [0.1, 0.15) is 0 Å². The van der Waals surface area contributed by atoms with Gasteiger partial charge >= 0.3 is 0 Å². The van der Waals surface area contributed by atoms with E-state index in [9.17, 15) is 10.2 Å². The lowest BCUT2D eigenvalue weighted by molar-refractivity contribution is 0.209. The molecule has 2 N–H and O–H groups in total. The van der Waals surface area contributed by atoms with Crippen LogP contribution in [0.5, 0.6) is 0 Å². The Morgan fingerprint density at radius 1 is 0.941 bits per heavy atom. The van der Waals surface area contributed by atoms with Crippen molar-refractivity contribution in [1.29, 1.82) is 0 Å². The second-order valence-corrected chi connectivity index (χ2v) is 9.57. The van der Waals surface area contributed by atoms with Crippen molar-refractivity contribution in [2.24, 2.45) is 5.92 Å². The highest BCUT2D eigenvalue weighted by atomic mass is 16.3. The van der Waals surface area contributed by atoms with Crippen LogP contribution in [0.15, 0.2) is 78.6 Å². The normalized spacial score (nSPS) is 19.8. The van der Waals surface area contributed by atoms with E-state index in [2.05, 4.69) is 84.3 Å². The Morgan fingerprint density at radius 2 is 1.65 bits per heavy atom. The molecule has 1 atom stereocenters. The molecule has 1 saturated heterocycles. The fourth-order valence-corrected chi connectivity index (χ4v) is 5.09. The van der Waals surface area contributed by atoms with E-state index in [1.807, 2.05) is 12.1 Å². The fraction of sp³-hybridized carbons (Fsp3) is 0.400. The van der Waals surface area contributed by atoms with Gasteiger partial charge in [0, 0.05) is 56.9 Å². The standard InChI is InChI=1S/C30H38N2O2/c1-23(2)31-17-19-32(20-18-31)27-15-13-25(14-16-27)30(26-10-6-11-28(34)22-26)29(12-7-21-33)24-8-4-3-5-9-24/h3-6,8-10,13-16,22-23,26,33-34H,7,11-12,17-21H2,1-2H3/b30-29+. The molecule has 0 amide bonds. The van der Waals surface area contributed by atoms with E-state index in [0.717, 1.165) is 32.6 Å². The van der Waals surface area contributed by atoms with E-state index in [4.69, 9.17) is 0 Å². The molecule has 0 radical (unpaired) electrons. The number of hydrogen-bond donors (Lipinski definition) is 2. The van der Waals surface area contributed by atoms with Gasteiger partial charge in [0.2, 0.25) is 0 Å². The summed E-state index contributed by atoms with van der Waals surface area (Å²) in [5.41, 5.74) is 6.04. The Balaban J connectivity index is 1.70. The largest absolute Gasteiger partial charge is 0.512 e. The minimum absolute atomic E-state index is 0.00286. The molecule has 1 fully saturated rings. The van der Waals surface area contributed by atoms with Crippen LogP contribution >= 0.6 is 0 Å². The van der Waals surface area contributed by atoms with E-state index in [-0.39, 0.29) is 12.5 Å². The summed E-state index contributed by atoms with van der Waals surface area (Å²) in [4.78, 5) is 5.01. The summed E-state index contributed by atoms with van der Waals surface area (Å²) in [5, 5.41) is 19.9. The average Bonchev–Trinajstić information content (AvgIpc) is 2.87. The van der Waals surface area contributed by atoms with Gasteiger partial charge in [-0.3, -0.25) is 4.90 Å². The summed E-state index contributed by atoms with van der Waals surface area (Å²) >= 11 is 0. The SMILES string of the molecule is CC(C)N1CCN(c2ccc(/C(=C(/CCCO)c3ccccc3)C3C=CCC(O)=C3)cc2)CC1. The molecule has 2 aromatic carbocycles. The first-order chi connectivity index (χ1) is 16.6. The average molecular weight is 459 g/mol. The highest BCUT2D eigenvalue weighted by molar-refractivity contribution is 5.93. The molecule has 0 saturated carbocycles. The first kappa shape index (κ1) is 24.3. The summed E-state index contributed by atoms with van der Waals surface area (Å²) in [5.74, 6) is 0.419. The van der Waals surface area contributed by atoms with Crippen molar-refractivity contribution in [2.45, 2.75) is 39.2 Å².